The van der Waals surface area contributed by atoms with Gasteiger partial charge in [0.15, 0.2) is 0 Å². The standard InChI is InChI=1S/C19H34N3/c1-3-5-7-9-11-13-15-18-20-17-21-19(22-18)16-14-12-10-8-6-4-2/h3-16H2,1-2H3. The molecule has 0 saturated carbocycles. The van der Waals surface area contributed by atoms with E-state index in [1.54, 1.807) is 0 Å². The maximum absolute atomic E-state index is 4.59. The van der Waals surface area contributed by atoms with Crippen molar-refractivity contribution in [3.63, 3.8) is 0 Å². The number of aryl methyl sites for hydroxylation is 2. The van der Waals surface area contributed by atoms with Gasteiger partial charge < -0.3 is 0 Å². The summed E-state index contributed by atoms with van der Waals surface area (Å²) in [4.78, 5) is 13.0. The number of aromatic nitrogens is 3. The fourth-order valence-corrected chi connectivity index (χ4v) is 2.69. The molecule has 0 aromatic carbocycles. The van der Waals surface area contributed by atoms with Crippen molar-refractivity contribution in [1.82, 2.24) is 15.0 Å². The minimum atomic E-state index is 0.937. The normalized spacial score (nSPS) is 11.0. The van der Waals surface area contributed by atoms with Gasteiger partial charge in [0, 0.05) is 12.8 Å². The second-order valence-electron chi connectivity index (χ2n) is 6.30. The lowest BCUT2D eigenvalue weighted by molar-refractivity contribution is 0.588. The summed E-state index contributed by atoms with van der Waals surface area (Å²) in [6.07, 6.45) is 20.5. The van der Waals surface area contributed by atoms with E-state index in [9.17, 15) is 0 Å². The van der Waals surface area contributed by atoms with E-state index >= 15 is 0 Å². The first-order valence-electron chi connectivity index (χ1n) is 9.46. The van der Waals surface area contributed by atoms with E-state index in [1.165, 1.54) is 77.0 Å². The van der Waals surface area contributed by atoms with Gasteiger partial charge in [-0.15, -0.1) is 0 Å². The first-order chi connectivity index (χ1) is 10.9. The molecule has 0 N–H and O–H groups in total. The van der Waals surface area contributed by atoms with Gasteiger partial charge in [-0.05, 0) is 12.8 Å². The van der Waals surface area contributed by atoms with Gasteiger partial charge in [0.2, 0.25) is 6.33 Å². The molecule has 0 bridgehead atoms. The topological polar surface area (TPSA) is 38.7 Å². The van der Waals surface area contributed by atoms with Crippen LogP contribution < -0.4 is 0 Å². The number of unbranched alkanes of at least 4 members (excludes halogenated alkanes) is 10. The Morgan fingerprint density at radius 1 is 0.591 bits per heavy atom. The Morgan fingerprint density at radius 3 is 1.45 bits per heavy atom. The molecule has 0 saturated heterocycles. The minimum absolute atomic E-state index is 0.937. The monoisotopic (exact) mass is 304 g/mol. The van der Waals surface area contributed by atoms with Crippen LogP contribution in [0.25, 0.3) is 0 Å². The Morgan fingerprint density at radius 2 is 1.00 bits per heavy atom. The molecular weight excluding hydrogens is 270 g/mol. The average Bonchev–Trinajstić information content (AvgIpc) is 2.54. The fourth-order valence-electron chi connectivity index (χ4n) is 2.69. The van der Waals surface area contributed by atoms with Gasteiger partial charge in [0.1, 0.15) is 11.6 Å². The van der Waals surface area contributed by atoms with E-state index < -0.39 is 0 Å². The molecule has 0 unspecified atom stereocenters. The second-order valence-corrected chi connectivity index (χ2v) is 6.30. The Hall–Kier alpha value is -0.990. The average molecular weight is 305 g/mol. The predicted octanol–water partition coefficient (Wildman–Crippen LogP) is 5.48. The lowest BCUT2D eigenvalue weighted by atomic mass is 10.1. The van der Waals surface area contributed by atoms with Gasteiger partial charge in [0.25, 0.3) is 0 Å². The SMILES string of the molecule is CCCCCCCCc1n[c]nc(CCCCCCCC)n1. The molecule has 3 nitrogen and oxygen atoms in total. The molecule has 0 atom stereocenters. The third-order valence-corrected chi connectivity index (χ3v) is 4.12. The van der Waals surface area contributed by atoms with E-state index in [0.29, 0.717) is 0 Å². The predicted molar refractivity (Wildman–Crippen MR) is 92.8 cm³/mol. The molecule has 1 aromatic rings. The highest BCUT2D eigenvalue weighted by Crippen LogP contribution is 2.09. The van der Waals surface area contributed by atoms with Crippen molar-refractivity contribution >= 4 is 0 Å². The highest BCUT2D eigenvalue weighted by Gasteiger charge is 2.02. The van der Waals surface area contributed by atoms with Crippen LogP contribution in [0.2, 0.25) is 0 Å². The van der Waals surface area contributed by atoms with E-state index in [-0.39, 0.29) is 0 Å². The number of hydrogen-bond acceptors (Lipinski definition) is 3. The Labute approximate surface area is 137 Å². The Bertz CT molecular complexity index is 334. The highest BCUT2D eigenvalue weighted by molar-refractivity contribution is 4.90. The van der Waals surface area contributed by atoms with Crippen molar-refractivity contribution in [1.29, 1.82) is 0 Å². The van der Waals surface area contributed by atoms with Crippen LogP contribution in [0.1, 0.15) is 103 Å². The van der Waals surface area contributed by atoms with Crippen LogP contribution in [0, 0.1) is 6.33 Å². The van der Waals surface area contributed by atoms with Gasteiger partial charge in [-0.25, -0.2) is 15.0 Å². The molecule has 0 fully saturated rings. The number of rotatable bonds is 14. The van der Waals surface area contributed by atoms with Crippen LogP contribution in [0.3, 0.4) is 0 Å². The number of nitrogens with zero attached hydrogens (tertiary/aromatic N) is 3. The summed E-state index contributed by atoms with van der Waals surface area (Å²) >= 11 is 0. The summed E-state index contributed by atoms with van der Waals surface area (Å²) in [7, 11) is 0. The van der Waals surface area contributed by atoms with Crippen LogP contribution in [-0.2, 0) is 12.8 Å². The molecule has 22 heavy (non-hydrogen) atoms. The van der Waals surface area contributed by atoms with E-state index in [0.717, 1.165) is 24.5 Å². The van der Waals surface area contributed by atoms with Crippen LogP contribution in [0.4, 0.5) is 0 Å². The van der Waals surface area contributed by atoms with Crippen LogP contribution in [0.15, 0.2) is 0 Å². The summed E-state index contributed by atoms with van der Waals surface area (Å²) in [6.45, 7) is 4.51. The molecule has 0 aliphatic rings. The maximum Gasteiger partial charge on any atom is 0.201 e. The molecule has 0 spiro atoms. The van der Waals surface area contributed by atoms with Crippen molar-refractivity contribution in [3.05, 3.63) is 18.0 Å². The van der Waals surface area contributed by atoms with Gasteiger partial charge >= 0.3 is 0 Å². The fraction of sp³-hybridized carbons (Fsp3) is 0.842. The summed E-state index contributed by atoms with van der Waals surface area (Å²) in [5, 5.41) is 0. The molecule has 0 amide bonds. The molecule has 1 radical (unpaired) electrons. The Balaban J connectivity index is 2.13. The summed E-state index contributed by atoms with van der Waals surface area (Å²) in [6, 6.07) is 0. The largest absolute Gasteiger partial charge is 0.218 e. The molecular formula is C19H34N3. The molecule has 3 heteroatoms. The smallest absolute Gasteiger partial charge is 0.201 e. The Kier molecular flexibility index (Phi) is 11.8. The van der Waals surface area contributed by atoms with E-state index in [2.05, 4.69) is 35.1 Å². The minimum Gasteiger partial charge on any atom is -0.218 e. The van der Waals surface area contributed by atoms with Crippen molar-refractivity contribution in [3.8, 4) is 0 Å². The lowest BCUT2D eigenvalue weighted by Gasteiger charge is -2.03. The van der Waals surface area contributed by atoms with Crippen molar-refractivity contribution in [2.45, 2.75) is 104 Å². The number of hydrogen-bond donors (Lipinski definition) is 0. The van der Waals surface area contributed by atoms with Gasteiger partial charge in [-0.3, -0.25) is 0 Å². The van der Waals surface area contributed by atoms with Crippen molar-refractivity contribution in [2.24, 2.45) is 0 Å². The first kappa shape index (κ1) is 19.1. The quantitative estimate of drug-likeness (QED) is 0.427. The lowest BCUT2D eigenvalue weighted by Crippen LogP contribution is -2.03. The molecule has 0 aliphatic heterocycles. The third kappa shape index (κ3) is 9.86. The zero-order valence-electron chi connectivity index (χ0n) is 14.7. The molecule has 1 rings (SSSR count). The summed E-state index contributed by atoms with van der Waals surface area (Å²) < 4.78 is 0. The van der Waals surface area contributed by atoms with Crippen LogP contribution >= 0.6 is 0 Å². The molecule has 1 aromatic heterocycles. The van der Waals surface area contributed by atoms with Crippen LogP contribution in [0.5, 0.6) is 0 Å². The van der Waals surface area contributed by atoms with E-state index in [1.807, 2.05) is 0 Å². The van der Waals surface area contributed by atoms with Crippen molar-refractivity contribution < 1.29 is 0 Å². The van der Waals surface area contributed by atoms with Crippen molar-refractivity contribution in [2.75, 3.05) is 0 Å². The zero-order valence-corrected chi connectivity index (χ0v) is 14.7. The molecule has 125 valence electrons. The van der Waals surface area contributed by atoms with E-state index in [4.69, 9.17) is 0 Å². The summed E-state index contributed by atoms with van der Waals surface area (Å²) in [5.74, 6) is 1.87. The van der Waals surface area contributed by atoms with Gasteiger partial charge in [0.05, 0.1) is 0 Å². The molecule has 0 aliphatic carbocycles. The second kappa shape index (κ2) is 13.7. The summed E-state index contributed by atoms with van der Waals surface area (Å²) in [5.41, 5.74) is 0. The van der Waals surface area contributed by atoms with Gasteiger partial charge in [-0.2, -0.15) is 0 Å². The maximum atomic E-state index is 4.59. The highest BCUT2D eigenvalue weighted by atomic mass is 15.0. The third-order valence-electron chi connectivity index (χ3n) is 4.12. The van der Waals surface area contributed by atoms with Crippen LogP contribution in [-0.4, -0.2) is 15.0 Å². The first-order valence-corrected chi connectivity index (χ1v) is 9.46. The molecule has 1 heterocycles. The zero-order chi connectivity index (χ0) is 15.9. The van der Waals surface area contributed by atoms with Gasteiger partial charge in [-0.1, -0.05) is 78.1 Å².